The van der Waals surface area contributed by atoms with E-state index in [0.717, 1.165) is 41.6 Å². The SMILES string of the molecule is Cc1ccc(C(OC(=O)[C@H]2CCCN2)(c2ccccc2)c2ccccc2Cl)cc1. The number of aryl methyl sites for hydroxylation is 1. The molecule has 0 saturated carbocycles. The number of hydrogen-bond donors (Lipinski definition) is 1. The van der Waals surface area contributed by atoms with E-state index in [2.05, 4.69) is 5.32 Å². The summed E-state index contributed by atoms with van der Waals surface area (Å²) >= 11 is 6.68. The molecule has 4 heteroatoms. The fraction of sp³-hybridized carbons (Fsp3) is 0.240. The third kappa shape index (κ3) is 3.81. The van der Waals surface area contributed by atoms with Crippen LogP contribution in [0.2, 0.25) is 5.02 Å². The summed E-state index contributed by atoms with van der Waals surface area (Å²) < 4.78 is 6.42. The number of benzene rings is 3. The molecule has 0 bridgehead atoms. The van der Waals surface area contributed by atoms with Gasteiger partial charge in [0.05, 0.1) is 0 Å². The largest absolute Gasteiger partial charge is 0.443 e. The normalized spacial score (nSPS) is 18.2. The Labute approximate surface area is 176 Å². The summed E-state index contributed by atoms with van der Waals surface area (Å²) in [6, 6.07) is 25.2. The van der Waals surface area contributed by atoms with Crippen molar-refractivity contribution in [1.82, 2.24) is 5.32 Å². The first kappa shape index (κ1) is 19.7. The van der Waals surface area contributed by atoms with Crippen molar-refractivity contribution in [2.45, 2.75) is 31.4 Å². The first-order valence-corrected chi connectivity index (χ1v) is 10.3. The van der Waals surface area contributed by atoms with E-state index in [4.69, 9.17) is 16.3 Å². The van der Waals surface area contributed by atoms with Crippen molar-refractivity contribution >= 4 is 17.6 Å². The van der Waals surface area contributed by atoms with Gasteiger partial charge in [0, 0.05) is 21.7 Å². The molecule has 0 spiro atoms. The first-order valence-electron chi connectivity index (χ1n) is 9.95. The van der Waals surface area contributed by atoms with E-state index < -0.39 is 5.60 Å². The molecule has 0 aromatic heterocycles. The van der Waals surface area contributed by atoms with Crippen molar-refractivity contribution in [2.24, 2.45) is 0 Å². The third-order valence-electron chi connectivity index (χ3n) is 5.49. The second-order valence-corrected chi connectivity index (χ2v) is 7.87. The van der Waals surface area contributed by atoms with E-state index in [1.165, 1.54) is 0 Å². The molecule has 0 radical (unpaired) electrons. The number of halogens is 1. The smallest absolute Gasteiger partial charge is 0.324 e. The van der Waals surface area contributed by atoms with Crippen LogP contribution in [0.4, 0.5) is 0 Å². The number of rotatable bonds is 5. The molecule has 0 aliphatic carbocycles. The lowest BCUT2D eigenvalue weighted by atomic mass is 9.79. The molecule has 0 amide bonds. The average Bonchev–Trinajstić information content (AvgIpc) is 3.29. The molecule has 1 aliphatic rings. The Balaban J connectivity index is 1.95. The summed E-state index contributed by atoms with van der Waals surface area (Å²) in [6.07, 6.45) is 1.74. The van der Waals surface area contributed by atoms with Gasteiger partial charge >= 0.3 is 5.97 Å². The van der Waals surface area contributed by atoms with Crippen molar-refractivity contribution in [3.63, 3.8) is 0 Å². The van der Waals surface area contributed by atoms with Crippen LogP contribution in [0, 0.1) is 6.92 Å². The van der Waals surface area contributed by atoms with Gasteiger partial charge in [0.25, 0.3) is 0 Å². The number of hydrogen-bond acceptors (Lipinski definition) is 3. The second kappa shape index (κ2) is 8.40. The van der Waals surface area contributed by atoms with E-state index in [-0.39, 0.29) is 12.0 Å². The van der Waals surface area contributed by atoms with Gasteiger partial charge in [-0.2, -0.15) is 0 Å². The van der Waals surface area contributed by atoms with Crippen molar-refractivity contribution in [3.8, 4) is 0 Å². The Kier molecular flexibility index (Phi) is 5.70. The van der Waals surface area contributed by atoms with Gasteiger partial charge in [0.2, 0.25) is 0 Å². The predicted octanol–water partition coefficient (Wildman–Crippen LogP) is 5.24. The topological polar surface area (TPSA) is 38.3 Å². The molecular formula is C25H24ClNO2. The van der Waals surface area contributed by atoms with E-state index in [1.807, 2.05) is 85.8 Å². The molecule has 1 N–H and O–H groups in total. The van der Waals surface area contributed by atoms with Crippen LogP contribution in [0.3, 0.4) is 0 Å². The van der Waals surface area contributed by atoms with E-state index >= 15 is 0 Å². The van der Waals surface area contributed by atoms with Gasteiger partial charge in [-0.25, -0.2) is 0 Å². The summed E-state index contributed by atoms with van der Waals surface area (Å²) in [6.45, 7) is 2.87. The summed E-state index contributed by atoms with van der Waals surface area (Å²) in [4.78, 5) is 13.2. The Morgan fingerprint density at radius 2 is 1.62 bits per heavy atom. The Bertz CT molecular complexity index is 981. The van der Waals surface area contributed by atoms with Gasteiger partial charge in [0.15, 0.2) is 5.60 Å². The molecule has 1 fully saturated rings. The predicted molar refractivity (Wildman–Crippen MR) is 116 cm³/mol. The monoisotopic (exact) mass is 405 g/mol. The quantitative estimate of drug-likeness (QED) is 0.466. The fourth-order valence-corrected chi connectivity index (χ4v) is 4.23. The van der Waals surface area contributed by atoms with E-state index in [9.17, 15) is 4.79 Å². The number of carbonyl (C=O) groups is 1. The molecule has 3 aromatic carbocycles. The second-order valence-electron chi connectivity index (χ2n) is 7.46. The van der Waals surface area contributed by atoms with Crippen molar-refractivity contribution < 1.29 is 9.53 Å². The van der Waals surface area contributed by atoms with Gasteiger partial charge in [-0.3, -0.25) is 4.79 Å². The van der Waals surface area contributed by atoms with Gasteiger partial charge in [-0.15, -0.1) is 0 Å². The number of carbonyl (C=O) groups excluding carboxylic acids is 1. The molecule has 3 nitrogen and oxygen atoms in total. The van der Waals surface area contributed by atoms with Crippen LogP contribution < -0.4 is 5.32 Å². The van der Waals surface area contributed by atoms with Crippen LogP contribution in [-0.4, -0.2) is 18.6 Å². The lowest BCUT2D eigenvalue weighted by Crippen LogP contribution is -2.42. The molecular weight excluding hydrogens is 382 g/mol. The van der Waals surface area contributed by atoms with E-state index in [0.29, 0.717) is 5.02 Å². The first-order chi connectivity index (χ1) is 14.1. The maximum absolute atomic E-state index is 13.2. The van der Waals surface area contributed by atoms with Crippen molar-refractivity contribution in [3.05, 3.63) is 106 Å². The molecule has 148 valence electrons. The highest BCUT2D eigenvalue weighted by Gasteiger charge is 2.43. The molecule has 2 atom stereocenters. The average molecular weight is 406 g/mol. The Morgan fingerprint density at radius 3 is 2.28 bits per heavy atom. The summed E-state index contributed by atoms with van der Waals surface area (Å²) in [7, 11) is 0. The highest BCUT2D eigenvalue weighted by Crippen LogP contribution is 2.43. The highest BCUT2D eigenvalue weighted by atomic mass is 35.5. The molecule has 3 aromatic rings. The lowest BCUT2D eigenvalue weighted by Gasteiger charge is -2.36. The Morgan fingerprint density at radius 1 is 0.966 bits per heavy atom. The zero-order valence-corrected chi connectivity index (χ0v) is 17.2. The zero-order valence-electron chi connectivity index (χ0n) is 16.4. The van der Waals surface area contributed by atoms with Crippen LogP contribution >= 0.6 is 11.6 Å². The van der Waals surface area contributed by atoms with Crippen LogP contribution in [0.1, 0.15) is 35.1 Å². The summed E-state index contributed by atoms with van der Waals surface area (Å²) in [5.41, 5.74) is 2.49. The Hall–Kier alpha value is -2.62. The van der Waals surface area contributed by atoms with Crippen LogP contribution in [0.25, 0.3) is 0 Å². The van der Waals surface area contributed by atoms with Gasteiger partial charge in [-0.05, 0) is 32.4 Å². The molecule has 1 saturated heterocycles. The molecule has 1 heterocycles. The number of esters is 1. The van der Waals surface area contributed by atoms with Gasteiger partial charge in [-0.1, -0.05) is 90.0 Å². The minimum absolute atomic E-state index is 0.258. The lowest BCUT2D eigenvalue weighted by molar-refractivity contribution is -0.155. The maximum atomic E-state index is 13.2. The van der Waals surface area contributed by atoms with Crippen LogP contribution in [-0.2, 0) is 15.1 Å². The minimum atomic E-state index is -1.13. The summed E-state index contributed by atoms with van der Waals surface area (Å²) in [5.74, 6) is -0.258. The summed E-state index contributed by atoms with van der Waals surface area (Å²) in [5, 5.41) is 3.81. The molecule has 29 heavy (non-hydrogen) atoms. The maximum Gasteiger partial charge on any atom is 0.324 e. The van der Waals surface area contributed by atoms with Crippen LogP contribution in [0.5, 0.6) is 0 Å². The molecule has 4 rings (SSSR count). The van der Waals surface area contributed by atoms with Gasteiger partial charge in [0.1, 0.15) is 6.04 Å². The fourth-order valence-electron chi connectivity index (χ4n) is 3.97. The van der Waals surface area contributed by atoms with Crippen LogP contribution in [0.15, 0.2) is 78.9 Å². The highest BCUT2D eigenvalue weighted by molar-refractivity contribution is 6.31. The van der Waals surface area contributed by atoms with Gasteiger partial charge < -0.3 is 10.1 Å². The molecule has 1 unspecified atom stereocenters. The zero-order chi connectivity index (χ0) is 20.3. The number of ether oxygens (including phenoxy) is 1. The third-order valence-corrected chi connectivity index (χ3v) is 5.82. The standard InChI is InChI=1S/C25H24ClNO2/c1-18-13-15-20(16-14-18)25(19-8-3-2-4-9-19,21-10-5-6-11-22(21)26)29-24(28)23-12-7-17-27-23/h2-6,8-11,13-16,23,27H,7,12,17H2,1H3/t23-,25?/m1/s1. The molecule has 1 aliphatic heterocycles. The van der Waals surface area contributed by atoms with E-state index in [1.54, 1.807) is 0 Å². The number of nitrogens with one attached hydrogen (secondary N) is 1. The van der Waals surface area contributed by atoms with Crippen molar-refractivity contribution in [2.75, 3.05) is 6.54 Å². The van der Waals surface area contributed by atoms with Crippen molar-refractivity contribution in [1.29, 1.82) is 0 Å². The minimum Gasteiger partial charge on any atom is -0.443 e.